The quantitative estimate of drug-likeness (QED) is 0.890. The molecule has 1 fully saturated rings. The van der Waals surface area contributed by atoms with Crippen molar-refractivity contribution in [2.24, 2.45) is 0 Å². The smallest absolute Gasteiger partial charge is 0.128 e. The van der Waals surface area contributed by atoms with Gasteiger partial charge in [0, 0.05) is 5.56 Å². The predicted molar refractivity (Wildman–Crippen MR) is 71.2 cm³/mol. The third kappa shape index (κ3) is 2.57. The third-order valence-electron chi connectivity index (χ3n) is 3.74. The molecular weight excluding hydrogens is 229 g/mol. The molecule has 0 radical (unpaired) electrons. The Morgan fingerprint density at radius 1 is 1.33 bits per heavy atom. The average Bonchev–Trinajstić information content (AvgIpc) is 2.69. The van der Waals surface area contributed by atoms with Crippen LogP contribution in [-0.4, -0.2) is 19.3 Å². The molecule has 100 valence electrons. The Kier molecular flexibility index (Phi) is 4.03. The molecule has 0 spiro atoms. The van der Waals surface area contributed by atoms with Gasteiger partial charge in [0.05, 0.1) is 18.2 Å². The van der Waals surface area contributed by atoms with Gasteiger partial charge in [0.2, 0.25) is 0 Å². The van der Waals surface area contributed by atoms with E-state index >= 15 is 0 Å². The zero-order valence-corrected chi connectivity index (χ0v) is 11.6. The van der Waals surface area contributed by atoms with E-state index < -0.39 is 0 Å². The summed E-state index contributed by atoms with van der Waals surface area (Å²) in [6, 6.07) is 3.57. The molecule has 1 aliphatic rings. The highest BCUT2D eigenvalue weighted by Gasteiger charge is 2.32. The number of hydrogen-bond acceptors (Lipinski definition) is 2. The predicted octanol–water partition coefficient (Wildman–Crippen LogP) is 3.27. The molecule has 1 saturated heterocycles. The van der Waals surface area contributed by atoms with Gasteiger partial charge in [0.1, 0.15) is 5.82 Å². The maximum absolute atomic E-state index is 14.2. The Morgan fingerprint density at radius 3 is 2.56 bits per heavy atom. The number of nitrogens with one attached hydrogen (secondary N) is 1. The first-order valence-electron chi connectivity index (χ1n) is 6.62. The normalized spacial score (nSPS) is 25.4. The minimum atomic E-state index is -0.130. The van der Waals surface area contributed by atoms with Crippen LogP contribution >= 0.6 is 0 Å². The fourth-order valence-electron chi connectivity index (χ4n) is 2.92. The first kappa shape index (κ1) is 13.5. The van der Waals surface area contributed by atoms with E-state index in [0.717, 1.165) is 29.5 Å². The molecule has 0 amide bonds. The lowest BCUT2D eigenvalue weighted by atomic mass is 9.93. The van der Waals surface area contributed by atoms with E-state index in [1.807, 2.05) is 27.0 Å². The Labute approximate surface area is 109 Å². The topological polar surface area (TPSA) is 21.3 Å². The lowest BCUT2D eigenvalue weighted by Gasteiger charge is -2.25. The van der Waals surface area contributed by atoms with Gasteiger partial charge >= 0.3 is 0 Å². The van der Waals surface area contributed by atoms with Crippen LogP contribution in [0, 0.1) is 19.7 Å². The zero-order chi connectivity index (χ0) is 13.3. The van der Waals surface area contributed by atoms with Crippen molar-refractivity contribution in [2.75, 3.05) is 7.05 Å². The summed E-state index contributed by atoms with van der Waals surface area (Å²) in [4.78, 5) is 0. The van der Waals surface area contributed by atoms with Crippen molar-refractivity contribution in [2.45, 2.75) is 51.9 Å². The van der Waals surface area contributed by atoms with Crippen LogP contribution in [0.25, 0.3) is 0 Å². The maximum atomic E-state index is 14.2. The second-order valence-corrected chi connectivity index (χ2v) is 5.31. The molecule has 3 atom stereocenters. The van der Waals surface area contributed by atoms with Gasteiger partial charge in [-0.25, -0.2) is 4.39 Å². The Bertz CT molecular complexity index is 409. The largest absolute Gasteiger partial charge is 0.373 e. The molecule has 0 aliphatic carbocycles. The summed E-state index contributed by atoms with van der Waals surface area (Å²) in [5.74, 6) is -0.130. The molecule has 1 N–H and O–H groups in total. The van der Waals surface area contributed by atoms with Gasteiger partial charge in [-0.05, 0) is 57.9 Å². The van der Waals surface area contributed by atoms with Gasteiger partial charge in [-0.3, -0.25) is 0 Å². The van der Waals surface area contributed by atoms with Crippen LogP contribution in [0.3, 0.4) is 0 Å². The number of halogens is 1. The molecule has 18 heavy (non-hydrogen) atoms. The van der Waals surface area contributed by atoms with Gasteiger partial charge in [-0.1, -0.05) is 6.07 Å². The Balaban J connectivity index is 2.33. The van der Waals surface area contributed by atoms with Crippen LogP contribution in [0.1, 0.15) is 42.5 Å². The number of likely N-dealkylation sites (N-methyl/N-ethyl adjacent to an activating group) is 1. The van der Waals surface area contributed by atoms with E-state index in [0.29, 0.717) is 0 Å². The highest BCUT2D eigenvalue weighted by Crippen LogP contribution is 2.33. The maximum Gasteiger partial charge on any atom is 0.128 e. The van der Waals surface area contributed by atoms with Crippen molar-refractivity contribution in [1.82, 2.24) is 5.32 Å². The number of rotatable bonds is 3. The summed E-state index contributed by atoms with van der Waals surface area (Å²) in [7, 11) is 1.87. The molecule has 3 unspecified atom stereocenters. The molecular formula is C15H22FNO. The van der Waals surface area contributed by atoms with Crippen molar-refractivity contribution in [3.05, 3.63) is 34.6 Å². The molecule has 2 nitrogen and oxygen atoms in total. The molecule has 1 aliphatic heterocycles. The number of ether oxygens (including phenoxy) is 1. The van der Waals surface area contributed by atoms with Crippen molar-refractivity contribution < 1.29 is 9.13 Å². The SMILES string of the molecule is CNC(c1c(C)cc(C)cc1F)C1CCC(C)O1. The lowest BCUT2D eigenvalue weighted by molar-refractivity contribution is 0.0324. The van der Waals surface area contributed by atoms with Gasteiger partial charge in [-0.2, -0.15) is 0 Å². The molecule has 1 aromatic rings. The Morgan fingerprint density at radius 2 is 2.06 bits per heavy atom. The average molecular weight is 251 g/mol. The highest BCUT2D eigenvalue weighted by molar-refractivity contribution is 5.35. The zero-order valence-electron chi connectivity index (χ0n) is 11.6. The first-order chi connectivity index (χ1) is 8.52. The van der Waals surface area contributed by atoms with Crippen molar-refractivity contribution in [1.29, 1.82) is 0 Å². The van der Waals surface area contributed by atoms with Crippen molar-refractivity contribution in [3.8, 4) is 0 Å². The van der Waals surface area contributed by atoms with Crippen LogP contribution in [0.5, 0.6) is 0 Å². The monoisotopic (exact) mass is 251 g/mol. The van der Waals surface area contributed by atoms with Gasteiger partial charge in [-0.15, -0.1) is 0 Å². The van der Waals surface area contributed by atoms with Gasteiger partial charge in [0.15, 0.2) is 0 Å². The standard InChI is InChI=1S/C15H22FNO/c1-9-7-10(2)14(12(16)8-9)15(17-4)13-6-5-11(3)18-13/h7-8,11,13,15,17H,5-6H2,1-4H3. The highest BCUT2D eigenvalue weighted by atomic mass is 19.1. The summed E-state index contributed by atoms with van der Waals surface area (Å²) in [5.41, 5.74) is 2.71. The molecule has 0 aromatic heterocycles. The minimum absolute atomic E-state index is 0.0597. The van der Waals surface area contributed by atoms with Gasteiger partial charge in [0.25, 0.3) is 0 Å². The van der Waals surface area contributed by atoms with E-state index in [4.69, 9.17) is 4.74 Å². The van der Waals surface area contributed by atoms with E-state index in [9.17, 15) is 4.39 Å². The van der Waals surface area contributed by atoms with E-state index in [1.165, 1.54) is 0 Å². The van der Waals surface area contributed by atoms with Gasteiger partial charge < -0.3 is 10.1 Å². The minimum Gasteiger partial charge on any atom is -0.373 e. The first-order valence-corrected chi connectivity index (χ1v) is 6.62. The number of benzene rings is 1. The van der Waals surface area contributed by atoms with E-state index in [2.05, 4.69) is 12.2 Å². The van der Waals surface area contributed by atoms with Crippen molar-refractivity contribution >= 4 is 0 Å². The molecule has 1 aromatic carbocycles. The molecule has 2 rings (SSSR count). The van der Waals surface area contributed by atoms with E-state index in [-0.39, 0.29) is 24.1 Å². The summed E-state index contributed by atoms with van der Waals surface area (Å²) < 4.78 is 20.1. The van der Waals surface area contributed by atoms with Crippen molar-refractivity contribution in [3.63, 3.8) is 0 Å². The van der Waals surface area contributed by atoms with Crippen LogP contribution in [0.4, 0.5) is 4.39 Å². The number of hydrogen-bond donors (Lipinski definition) is 1. The van der Waals surface area contributed by atoms with E-state index in [1.54, 1.807) is 6.07 Å². The lowest BCUT2D eigenvalue weighted by Crippen LogP contribution is -2.31. The fraction of sp³-hybridized carbons (Fsp3) is 0.600. The van der Waals surface area contributed by atoms with Crippen LogP contribution in [0.15, 0.2) is 12.1 Å². The van der Waals surface area contributed by atoms with Crippen LogP contribution < -0.4 is 5.32 Å². The molecule has 0 saturated carbocycles. The summed E-state index contributed by atoms with van der Waals surface area (Å²) in [6.07, 6.45) is 2.38. The van der Waals surface area contributed by atoms with Crippen LogP contribution in [0.2, 0.25) is 0 Å². The fourth-order valence-corrected chi connectivity index (χ4v) is 2.92. The second-order valence-electron chi connectivity index (χ2n) is 5.31. The Hall–Kier alpha value is -0.930. The third-order valence-corrected chi connectivity index (χ3v) is 3.74. The summed E-state index contributed by atoms with van der Waals surface area (Å²) >= 11 is 0. The molecule has 3 heteroatoms. The molecule has 1 heterocycles. The van der Waals surface area contributed by atoms with Crippen LogP contribution in [-0.2, 0) is 4.74 Å². The second kappa shape index (κ2) is 5.37. The summed E-state index contributed by atoms with van der Waals surface area (Å²) in [5, 5.41) is 3.22. The molecule has 0 bridgehead atoms. The number of aryl methyl sites for hydroxylation is 2. The summed E-state index contributed by atoms with van der Waals surface area (Å²) in [6.45, 7) is 5.96.